The van der Waals surface area contributed by atoms with Crippen molar-refractivity contribution in [1.82, 2.24) is 14.7 Å². The number of fused-ring (bicyclic) bond motifs is 1. The van der Waals surface area contributed by atoms with E-state index in [2.05, 4.69) is 87.4 Å². The minimum atomic E-state index is -0.0276. The molecule has 3 aromatic rings. The second kappa shape index (κ2) is 10.7. The summed E-state index contributed by atoms with van der Waals surface area (Å²) in [5, 5.41) is 2.17. The van der Waals surface area contributed by atoms with Crippen molar-refractivity contribution in [1.29, 1.82) is 0 Å². The number of nitrogens with zero attached hydrogens (tertiary/aromatic N) is 3. The average Bonchev–Trinajstić information content (AvgIpc) is 3.37. The summed E-state index contributed by atoms with van der Waals surface area (Å²) >= 11 is 1.82. The van der Waals surface area contributed by atoms with Gasteiger partial charge in [-0.25, -0.2) is 0 Å². The first-order valence-electron chi connectivity index (χ1n) is 13.7. The Balaban J connectivity index is 1.25. The predicted octanol–water partition coefficient (Wildman–Crippen LogP) is 5.67. The van der Waals surface area contributed by atoms with Crippen LogP contribution in [0.25, 0.3) is 0 Å². The number of hydrogen-bond donors (Lipinski definition) is 0. The summed E-state index contributed by atoms with van der Waals surface area (Å²) in [4.78, 5) is 34.5. The number of aryl methyl sites for hydroxylation is 1. The van der Waals surface area contributed by atoms with Crippen molar-refractivity contribution in [3.8, 4) is 0 Å². The van der Waals surface area contributed by atoms with Gasteiger partial charge in [-0.15, -0.1) is 11.3 Å². The van der Waals surface area contributed by atoms with Crippen molar-refractivity contribution in [3.63, 3.8) is 0 Å². The molecule has 200 valence electrons. The molecule has 1 fully saturated rings. The van der Waals surface area contributed by atoms with Crippen LogP contribution in [0, 0.1) is 6.92 Å². The molecule has 0 spiro atoms. The number of carbonyl (C=O) groups is 2. The Morgan fingerprint density at radius 1 is 0.947 bits per heavy atom. The maximum absolute atomic E-state index is 13.6. The fourth-order valence-electron chi connectivity index (χ4n) is 5.72. The van der Waals surface area contributed by atoms with E-state index in [9.17, 15) is 9.59 Å². The molecule has 0 saturated carbocycles. The van der Waals surface area contributed by atoms with Crippen LogP contribution in [0.2, 0.25) is 0 Å². The van der Waals surface area contributed by atoms with Crippen LogP contribution in [0.15, 0.2) is 60.0 Å². The molecule has 1 aromatic heterocycles. The lowest BCUT2D eigenvalue weighted by atomic mass is 9.86. The van der Waals surface area contributed by atoms with E-state index in [0.29, 0.717) is 31.7 Å². The highest BCUT2D eigenvalue weighted by molar-refractivity contribution is 7.10. The molecule has 0 bridgehead atoms. The Morgan fingerprint density at radius 2 is 1.66 bits per heavy atom. The van der Waals surface area contributed by atoms with Crippen LogP contribution in [-0.4, -0.2) is 65.3 Å². The zero-order valence-electron chi connectivity index (χ0n) is 23.2. The molecule has 6 heteroatoms. The van der Waals surface area contributed by atoms with Gasteiger partial charge in [-0.1, -0.05) is 62.7 Å². The third-order valence-electron chi connectivity index (χ3n) is 8.04. The van der Waals surface area contributed by atoms with E-state index in [4.69, 9.17) is 0 Å². The molecule has 5 nitrogen and oxygen atoms in total. The molecular weight excluding hydrogens is 490 g/mol. The van der Waals surface area contributed by atoms with Crippen LogP contribution >= 0.6 is 11.3 Å². The Hall–Kier alpha value is -2.96. The predicted molar refractivity (Wildman–Crippen MR) is 155 cm³/mol. The van der Waals surface area contributed by atoms with Crippen LogP contribution in [0.5, 0.6) is 0 Å². The van der Waals surface area contributed by atoms with Gasteiger partial charge in [0, 0.05) is 42.7 Å². The highest BCUT2D eigenvalue weighted by Gasteiger charge is 2.34. The van der Waals surface area contributed by atoms with Gasteiger partial charge in [-0.2, -0.15) is 0 Å². The topological polar surface area (TPSA) is 43.9 Å². The largest absolute Gasteiger partial charge is 0.338 e. The van der Waals surface area contributed by atoms with E-state index >= 15 is 0 Å². The zero-order chi connectivity index (χ0) is 27.0. The van der Waals surface area contributed by atoms with E-state index in [1.807, 2.05) is 33.3 Å². The van der Waals surface area contributed by atoms with Crippen molar-refractivity contribution >= 4 is 23.2 Å². The maximum Gasteiger partial charge on any atom is 0.254 e. The van der Waals surface area contributed by atoms with Crippen molar-refractivity contribution in [2.45, 2.75) is 58.5 Å². The maximum atomic E-state index is 13.6. The van der Waals surface area contributed by atoms with Gasteiger partial charge in [0.05, 0.1) is 12.6 Å². The first-order valence-corrected chi connectivity index (χ1v) is 14.6. The molecule has 0 radical (unpaired) electrons. The molecule has 0 unspecified atom stereocenters. The van der Waals surface area contributed by atoms with Gasteiger partial charge < -0.3 is 9.80 Å². The minimum Gasteiger partial charge on any atom is -0.338 e. The Bertz CT molecular complexity index is 1290. The van der Waals surface area contributed by atoms with E-state index in [1.165, 1.54) is 27.1 Å². The number of hydrogen-bond acceptors (Lipinski definition) is 4. The highest BCUT2D eigenvalue weighted by Crippen LogP contribution is 2.37. The van der Waals surface area contributed by atoms with Gasteiger partial charge in [0.2, 0.25) is 5.91 Å². The molecule has 3 heterocycles. The van der Waals surface area contributed by atoms with Crippen LogP contribution in [0.1, 0.15) is 71.2 Å². The average molecular weight is 530 g/mol. The molecule has 0 N–H and O–H groups in total. The minimum absolute atomic E-state index is 0.0276. The van der Waals surface area contributed by atoms with Crippen LogP contribution < -0.4 is 0 Å². The monoisotopic (exact) mass is 529 g/mol. The molecular formula is C32H39N3O2S. The molecule has 2 atom stereocenters. The van der Waals surface area contributed by atoms with Crippen LogP contribution in [0.3, 0.4) is 0 Å². The first kappa shape index (κ1) is 26.6. The third-order valence-corrected chi connectivity index (χ3v) is 9.03. The molecule has 2 aliphatic rings. The Kier molecular flexibility index (Phi) is 7.47. The van der Waals surface area contributed by atoms with E-state index in [-0.39, 0.29) is 29.3 Å². The molecule has 1 saturated heterocycles. The molecule has 38 heavy (non-hydrogen) atoms. The summed E-state index contributed by atoms with van der Waals surface area (Å²) in [7, 11) is 0. The van der Waals surface area contributed by atoms with Gasteiger partial charge in [0.1, 0.15) is 0 Å². The summed E-state index contributed by atoms with van der Waals surface area (Å²) in [5.41, 5.74) is 5.80. The normalized spacial score (nSPS) is 20.3. The summed E-state index contributed by atoms with van der Waals surface area (Å²) < 4.78 is 0. The van der Waals surface area contributed by atoms with E-state index < -0.39 is 0 Å². The van der Waals surface area contributed by atoms with Gasteiger partial charge >= 0.3 is 0 Å². The molecule has 5 rings (SSSR count). The second-order valence-corrected chi connectivity index (χ2v) is 12.8. The number of piperazine rings is 1. The molecule has 2 amide bonds. The number of rotatable bonds is 4. The molecule has 2 aliphatic heterocycles. The Morgan fingerprint density at radius 3 is 2.32 bits per heavy atom. The SMILES string of the molecule is Cc1ccc([C@H]2c3ccsc3CCN2CC(=O)N2CCN(C(=O)c3ccc(C(C)(C)C)cc3)[C@@H](C)C2)cc1. The summed E-state index contributed by atoms with van der Waals surface area (Å²) in [6, 6.07) is 19.0. The van der Waals surface area contributed by atoms with Crippen molar-refractivity contribution in [3.05, 3.63) is 92.7 Å². The zero-order valence-corrected chi connectivity index (χ0v) is 24.1. The standard InChI is InChI=1S/C32H39N3O2S/c1-22-6-8-24(9-7-22)30-27-15-19-38-28(27)14-16-34(30)21-29(36)33-17-18-35(23(2)20-33)31(37)25-10-12-26(13-11-25)32(3,4)5/h6-13,15,19,23,30H,14,16-18,20-21H2,1-5H3/t23-,30-/m0/s1. The fraction of sp³-hybridized carbons (Fsp3) is 0.438. The van der Waals surface area contributed by atoms with Crippen LogP contribution in [-0.2, 0) is 16.6 Å². The van der Waals surface area contributed by atoms with E-state index in [1.54, 1.807) is 0 Å². The first-order chi connectivity index (χ1) is 18.1. The van der Waals surface area contributed by atoms with Crippen molar-refractivity contribution < 1.29 is 9.59 Å². The Labute approximate surface area is 231 Å². The van der Waals surface area contributed by atoms with Gasteiger partial charge in [0.25, 0.3) is 5.91 Å². The highest BCUT2D eigenvalue weighted by atomic mass is 32.1. The van der Waals surface area contributed by atoms with Gasteiger partial charge in [-0.05, 0) is 66.0 Å². The number of amides is 2. The lowest BCUT2D eigenvalue weighted by Gasteiger charge is -2.42. The smallest absolute Gasteiger partial charge is 0.254 e. The molecule has 0 aliphatic carbocycles. The van der Waals surface area contributed by atoms with E-state index in [0.717, 1.165) is 13.0 Å². The number of carbonyl (C=O) groups excluding carboxylic acids is 2. The summed E-state index contributed by atoms with van der Waals surface area (Å²) in [6.07, 6.45) is 0.981. The fourth-order valence-corrected chi connectivity index (χ4v) is 6.62. The van der Waals surface area contributed by atoms with Crippen molar-refractivity contribution in [2.24, 2.45) is 0 Å². The molecule has 2 aromatic carbocycles. The van der Waals surface area contributed by atoms with Gasteiger partial charge in [-0.3, -0.25) is 14.5 Å². The summed E-state index contributed by atoms with van der Waals surface area (Å²) in [6.45, 7) is 13.6. The quantitative estimate of drug-likeness (QED) is 0.437. The van der Waals surface area contributed by atoms with Gasteiger partial charge in [0.15, 0.2) is 0 Å². The lowest BCUT2D eigenvalue weighted by molar-refractivity contribution is -0.135. The van der Waals surface area contributed by atoms with Crippen LogP contribution in [0.4, 0.5) is 0 Å². The number of thiophene rings is 1. The van der Waals surface area contributed by atoms with Crippen molar-refractivity contribution in [2.75, 3.05) is 32.7 Å². The third kappa shape index (κ3) is 5.43. The summed E-state index contributed by atoms with van der Waals surface area (Å²) in [5.74, 6) is 0.194. The lowest BCUT2D eigenvalue weighted by Crippen LogP contribution is -2.57. The second-order valence-electron chi connectivity index (χ2n) is 11.8. The number of benzene rings is 2.